The van der Waals surface area contributed by atoms with Crippen LogP contribution in [0, 0.1) is 0 Å². The Bertz CT molecular complexity index is 664. The second-order valence-corrected chi connectivity index (χ2v) is 5.42. The molecule has 0 fully saturated rings. The molecule has 2 aromatic rings. The highest BCUT2D eigenvalue weighted by atomic mass is 32.2. The van der Waals surface area contributed by atoms with Crippen molar-refractivity contribution in [3.8, 4) is 0 Å². The molecule has 1 heterocycles. The van der Waals surface area contributed by atoms with Gasteiger partial charge in [0.2, 0.25) is 16.0 Å². The summed E-state index contributed by atoms with van der Waals surface area (Å²) in [5.74, 6) is -1.32. The van der Waals surface area contributed by atoms with Gasteiger partial charge in [-0.2, -0.15) is 10.1 Å². The van der Waals surface area contributed by atoms with Gasteiger partial charge in [-0.1, -0.05) is 12.1 Å². The summed E-state index contributed by atoms with van der Waals surface area (Å²) in [5, 5.41) is 14.6. The Kier molecular flexibility index (Phi) is 3.47. The minimum absolute atomic E-state index is 0.0298. The van der Waals surface area contributed by atoms with Crippen LogP contribution in [0.1, 0.15) is 15.9 Å². The number of H-pyrrole nitrogens is 1. The highest BCUT2D eigenvalue weighted by Crippen LogP contribution is 2.10. The van der Waals surface area contributed by atoms with Gasteiger partial charge in [0.1, 0.15) is 6.33 Å². The highest BCUT2D eigenvalue weighted by Gasteiger charge is 2.13. The molecule has 0 atom stereocenters. The number of nitrogens with one attached hydrogen (secondary N) is 2. The van der Waals surface area contributed by atoms with Crippen LogP contribution in [0.2, 0.25) is 0 Å². The maximum Gasteiger partial charge on any atom is 0.335 e. The van der Waals surface area contributed by atoms with E-state index in [2.05, 4.69) is 19.9 Å². The fourth-order valence-corrected chi connectivity index (χ4v) is 2.50. The summed E-state index contributed by atoms with van der Waals surface area (Å²) < 4.78 is 25.8. The summed E-state index contributed by atoms with van der Waals surface area (Å²) in [5.41, 5.74) is 0.571. The Morgan fingerprint density at radius 2 is 2.00 bits per heavy atom. The van der Waals surface area contributed by atoms with Gasteiger partial charge in [0.25, 0.3) is 0 Å². The topological polar surface area (TPSA) is 125 Å². The zero-order valence-electron chi connectivity index (χ0n) is 9.57. The van der Waals surface area contributed by atoms with E-state index in [-0.39, 0.29) is 17.3 Å². The van der Waals surface area contributed by atoms with Crippen molar-refractivity contribution in [1.82, 2.24) is 15.2 Å². The van der Waals surface area contributed by atoms with E-state index < -0.39 is 16.0 Å². The van der Waals surface area contributed by atoms with E-state index in [0.717, 1.165) is 0 Å². The summed E-state index contributed by atoms with van der Waals surface area (Å²) in [6.07, 6.45) is 1.18. The molecular weight excluding hydrogens is 272 g/mol. The monoisotopic (exact) mass is 282 g/mol. The van der Waals surface area contributed by atoms with E-state index in [1.165, 1.54) is 30.6 Å². The minimum Gasteiger partial charge on any atom is -0.478 e. The van der Waals surface area contributed by atoms with Crippen LogP contribution in [0.5, 0.6) is 0 Å². The molecule has 8 nitrogen and oxygen atoms in total. The molecule has 0 bridgehead atoms. The van der Waals surface area contributed by atoms with Crippen molar-refractivity contribution in [2.75, 3.05) is 4.72 Å². The first-order chi connectivity index (χ1) is 8.96. The normalized spacial score (nSPS) is 11.2. The smallest absolute Gasteiger partial charge is 0.335 e. The number of benzene rings is 1. The quantitative estimate of drug-likeness (QED) is 0.731. The molecule has 3 N–H and O–H groups in total. The van der Waals surface area contributed by atoms with E-state index in [1.54, 1.807) is 0 Å². The van der Waals surface area contributed by atoms with Gasteiger partial charge in [0, 0.05) is 0 Å². The van der Waals surface area contributed by atoms with Crippen LogP contribution in [0.4, 0.5) is 5.95 Å². The molecule has 1 aromatic carbocycles. The Morgan fingerprint density at radius 3 is 2.53 bits per heavy atom. The number of aromatic carboxylic acids is 1. The molecule has 0 aliphatic rings. The number of aromatic nitrogens is 3. The number of nitrogens with zero attached hydrogens (tertiary/aromatic N) is 2. The van der Waals surface area contributed by atoms with Crippen LogP contribution in [0.3, 0.4) is 0 Å². The molecule has 0 radical (unpaired) electrons. The van der Waals surface area contributed by atoms with Crippen molar-refractivity contribution in [2.45, 2.75) is 5.75 Å². The molecule has 1 aromatic heterocycles. The van der Waals surface area contributed by atoms with E-state index >= 15 is 0 Å². The van der Waals surface area contributed by atoms with E-state index in [1.807, 2.05) is 0 Å². The highest BCUT2D eigenvalue weighted by molar-refractivity contribution is 7.91. The number of rotatable bonds is 5. The summed E-state index contributed by atoms with van der Waals surface area (Å²) in [7, 11) is -3.62. The Hall–Kier alpha value is -2.42. The van der Waals surface area contributed by atoms with Crippen molar-refractivity contribution >= 4 is 21.9 Å². The van der Waals surface area contributed by atoms with Gasteiger partial charge in [-0.25, -0.2) is 18.3 Å². The molecule has 0 saturated heterocycles. The molecule has 2 rings (SSSR count). The summed E-state index contributed by atoms with van der Waals surface area (Å²) in [6.45, 7) is 0. The van der Waals surface area contributed by atoms with Gasteiger partial charge in [-0.15, -0.1) is 0 Å². The van der Waals surface area contributed by atoms with E-state index in [0.29, 0.717) is 5.56 Å². The summed E-state index contributed by atoms with van der Waals surface area (Å²) in [4.78, 5) is 14.3. The minimum atomic E-state index is -3.62. The molecule has 0 amide bonds. The fraction of sp³-hybridized carbons (Fsp3) is 0.100. The van der Waals surface area contributed by atoms with Gasteiger partial charge in [-0.3, -0.25) is 4.72 Å². The molecule has 0 aliphatic carbocycles. The number of carboxylic acid groups (broad SMARTS) is 1. The van der Waals surface area contributed by atoms with Crippen molar-refractivity contribution < 1.29 is 18.3 Å². The average Bonchev–Trinajstić information content (AvgIpc) is 2.81. The first-order valence-corrected chi connectivity index (χ1v) is 6.79. The molecule has 9 heteroatoms. The maximum absolute atomic E-state index is 11.8. The number of hydrogen-bond donors (Lipinski definition) is 3. The molecular formula is C10H10N4O4S. The van der Waals surface area contributed by atoms with Crippen LogP contribution < -0.4 is 4.72 Å². The number of sulfonamides is 1. The lowest BCUT2D eigenvalue weighted by molar-refractivity contribution is 0.0697. The van der Waals surface area contributed by atoms with Crippen LogP contribution >= 0.6 is 0 Å². The van der Waals surface area contributed by atoms with Gasteiger partial charge in [0.05, 0.1) is 11.3 Å². The zero-order valence-corrected chi connectivity index (χ0v) is 10.4. The molecule has 0 saturated carbocycles. The van der Waals surface area contributed by atoms with Gasteiger partial charge >= 0.3 is 5.97 Å². The van der Waals surface area contributed by atoms with Crippen LogP contribution in [0.25, 0.3) is 0 Å². The number of carbonyl (C=O) groups is 1. The third-order valence-corrected chi connectivity index (χ3v) is 3.44. The first-order valence-electron chi connectivity index (χ1n) is 5.14. The van der Waals surface area contributed by atoms with Gasteiger partial charge in [-0.05, 0) is 17.7 Å². The number of hydrogen-bond acceptors (Lipinski definition) is 5. The van der Waals surface area contributed by atoms with E-state index in [9.17, 15) is 13.2 Å². The molecule has 0 spiro atoms. The fourth-order valence-electron chi connectivity index (χ4n) is 1.40. The standard InChI is InChI=1S/C10H10N4O4S/c15-9(16)8-3-1-7(2-4-8)5-19(17,18)14-10-11-6-12-13-10/h1-4,6H,5H2,(H,15,16)(H2,11,12,13,14). The molecule has 19 heavy (non-hydrogen) atoms. The number of anilines is 1. The Balaban J connectivity index is 2.09. The Morgan fingerprint density at radius 1 is 1.32 bits per heavy atom. The average molecular weight is 282 g/mol. The number of aromatic amines is 1. The number of carboxylic acids is 1. The lowest BCUT2D eigenvalue weighted by Gasteiger charge is -2.05. The van der Waals surface area contributed by atoms with Gasteiger partial charge < -0.3 is 5.11 Å². The molecule has 100 valence electrons. The lowest BCUT2D eigenvalue weighted by atomic mass is 10.1. The van der Waals surface area contributed by atoms with E-state index in [4.69, 9.17) is 5.11 Å². The largest absolute Gasteiger partial charge is 0.478 e. The third-order valence-electron chi connectivity index (χ3n) is 2.22. The van der Waals surface area contributed by atoms with Crippen molar-refractivity contribution in [2.24, 2.45) is 0 Å². The van der Waals surface area contributed by atoms with Crippen molar-refractivity contribution in [1.29, 1.82) is 0 Å². The second kappa shape index (κ2) is 5.06. The predicted octanol–water partition coefficient (Wildman–Crippen LogP) is 0.445. The predicted molar refractivity (Wildman–Crippen MR) is 66.0 cm³/mol. The Labute approximate surface area is 108 Å². The maximum atomic E-state index is 11.8. The van der Waals surface area contributed by atoms with Crippen LogP contribution in [0.15, 0.2) is 30.6 Å². The second-order valence-electron chi connectivity index (χ2n) is 3.70. The molecule has 0 unspecified atom stereocenters. The lowest BCUT2D eigenvalue weighted by Crippen LogP contribution is -2.16. The van der Waals surface area contributed by atoms with Crippen molar-refractivity contribution in [3.63, 3.8) is 0 Å². The third kappa shape index (κ3) is 3.52. The molecule has 0 aliphatic heterocycles. The van der Waals surface area contributed by atoms with Crippen LogP contribution in [-0.4, -0.2) is 34.7 Å². The van der Waals surface area contributed by atoms with Gasteiger partial charge in [0.15, 0.2) is 0 Å². The van der Waals surface area contributed by atoms with Crippen LogP contribution in [-0.2, 0) is 15.8 Å². The van der Waals surface area contributed by atoms with Crippen molar-refractivity contribution in [3.05, 3.63) is 41.7 Å². The zero-order chi connectivity index (χ0) is 13.9. The first kappa shape index (κ1) is 13.0. The summed E-state index contributed by atoms with van der Waals surface area (Å²) in [6, 6.07) is 5.59. The summed E-state index contributed by atoms with van der Waals surface area (Å²) >= 11 is 0. The SMILES string of the molecule is O=C(O)c1ccc(CS(=O)(=O)Nc2ncn[nH]2)cc1.